The fraction of sp³-hybridized carbons (Fsp3) is 0.650. The SMILES string of the molecule is O=C(Nc1ccc2c(c1)OC1(CCCCC1)O2)C1CCCC(C(F)(F)F)C1. The minimum Gasteiger partial charge on any atom is -0.448 e. The Labute approximate surface area is 156 Å². The van der Waals surface area contributed by atoms with Gasteiger partial charge in [0, 0.05) is 30.5 Å². The van der Waals surface area contributed by atoms with E-state index < -0.39 is 23.8 Å². The molecule has 1 aromatic carbocycles. The Morgan fingerprint density at radius 2 is 1.78 bits per heavy atom. The highest BCUT2D eigenvalue weighted by molar-refractivity contribution is 5.93. The number of alkyl halides is 3. The Morgan fingerprint density at radius 1 is 1.04 bits per heavy atom. The number of nitrogens with one attached hydrogen (secondary N) is 1. The van der Waals surface area contributed by atoms with Crippen molar-refractivity contribution in [3.05, 3.63) is 18.2 Å². The average Bonchev–Trinajstić information content (AvgIpc) is 2.98. The zero-order valence-corrected chi connectivity index (χ0v) is 15.1. The number of anilines is 1. The molecule has 7 heteroatoms. The van der Waals surface area contributed by atoms with E-state index in [1.54, 1.807) is 18.2 Å². The number of hydrogen-bond acceptors (Lipinski definition) is 3. The van der Waals surface area contributed by atoms with E-state index in [0.29, 0.717) is 30.0 Å². The summed E-state index contributed by atoms with van der Waals surface area (Å²) in [5.74, 6) is -1.69. The minimum atomic E-state index is -4.23. The van der Waals surface area contributed by atoms with Crippen LogP contribution in [0.4, 0.5) is 18.9 Å². The van der Waals surface area contributed by atoms with Crippen molar-refractivity contribution in [2.75, 3.05) is 5.32 Å². The highest BCUT2D eigenvalue weighted by atomic mass is 19.4. The molecule has 1 heterocycles. The molecule has 2 unspecified atom stereocenters. The van der Waals surface area contributed by atoms with Crippen LogP contribution in [0.15, 0.2) is 18.2 Å². The molecule has 27 heavy (non-hydrogen) atoms. The van der Waals surface area contributed by atoms with Crippen LogP contribution in [0.5, 0.6) is 11.5 Å². The Morgan fingerprint density at radius 3 is 2.52 bits per heavy atom. The number of rotatable bonds is 2. The molecule has 1 amide bonds. The second kappa shape index (κ2) is 6.91. The summed E-state index contributed by atoms with van der Waals surface area (Å²) in [4.78, 5) is 12.5. The van der Waals surface area contributed by atoms with Crippen LogP contribution in [0.1, 0.15) is 57.8 Å². The molecule has 4 rings (SSSR count). The second-order valence-electron chi connectivity index (χ2n) is 7.93. The van der Waals surface area contributed by atoms with Gasteiger partial charge in [0.25, 0.3) is 5.79 Å². The molecule has 0 saturated heterocycles. The molecule has 0 aromatic heterocycles. The van der Waals surface area contributed by atoms with Crippen LogP contribution in [0.3, 0.4) is 0 Å². The predicted molar refractivity (Wildman–Crippen MR) is 93.6 cm³/mol. The smallest absolute Gasteiger partial charge is 0.391 e. The van der Waals surface area contributed by atoms with E-state index in [1.165, 1.54) is 6.42 Å². The summed E-state index contributed by atoms with van der Waals surface area (Å²) >= 11 is 0. The molecule has 1 aliphatic heterocycles. The highest BCUT2D eigenvalue weighted by Gasteiger charge is 2.44. The first-order chi connectivity index (χ1) is 12.8. The third kappa shape index (κ3) is 3.87. The number of ether oxygens (including phenoxy) is 2. The van der Waals surface area contributed by atoms with Gasteiger partial charge >= 0.3 is 6.18 Å². The van der Waals surface area contributed by atoms with Gasteiger partial charge in [0.15, 0.2) is 11.5 Å². The average molecular weight is 383 g/mol. The molecular formula is C20H24F3NO3. The van der Waals surface area contributed by atoms with Crippen LogP contribution in [-0.4, -0.2) is 17.9 Å². The van der Waals surface area contributed by atoms with Crippen LogP contribution in [0.2, 0.25) is 0 Å². The van der Waals surface area contributed by atoms with Gasteiger partial charge in [-0.2, -0.15) is 13.2 Å². The first-order valence-electron chi connectivity index (χ1n) is 9.74. The van der Waals surface area contributed by atoms with Gasteiger partial charge in [-0.15, -0.1) is 0 Å². The van der Waals surface area contributed by atoms with E-state index in [2.05, 4.69) is 5.32 Å². The van der Waals surface area contributed by atoms with Gasteiger partial charge in [-0.3, -0.25) is 4.79 Å². The Kier molecular flexibility index (Phi) is 4.72. The fourth-order valence-corrected chi connectivity index (χ4v) is 4.44. The molecule has 148 valence electrons. The van der Waals surface area contributed by atoms with E-state index in [4.69, 9.17) is 9.47 Å². The number of hydrogen-bond donors (Lipinski definition) is 1. The summed E-state index contributed by atoms with van der Waals surface area (Å²) < 4.78 is 50.9. The van der Waals surface area contributed by atoms with Gasteiger partial charge < -0.3 is 14.8 Å². The van der Waals surface area contributed by atoms with Gasteiger partial charge in [0.2, 0.25) is 5.91 Å². The monoisotopic (exact) mass is 383 g/mol. The van der Waals surface area contributed by atoms with E-state index >= 15 is 0 Å². The molecule has 1 N–H and O–H groups in total. The van der Waals surface area contributed by atoms with Gasteiger partial charge in [-0.1, -0.05) is 12.8 Å². The summed E-state index contributed by atoms with van der Waals surface area (Å²) in [6.07, 6.45) is 1.62. The zero-order valence-electron chi connectivity index (χ0n) is 15.1. The molecule has 2 aliphatic carbocycles. The topological polar surface area (TPSA) is 47.6 Å². The summed E-state index contributed by atoms with van der Waals surface area (Å²) in [6.45, 7) is 0. The molecule has 0 bridgehead atoms. The number of benzene rings is 1. The Hall–Kier alpha value is -1.92. The van der Waals surface area contributed by atoms with Crippen LogP contribution >= 0.6 is 0 Å². The molecule has 1 aromatic rings. The lowest BCUT2D eigenvalue weighted by atomic mass is 9.80. The summed E-state index contributed by atoms with van der Waals surface area (Å²) in [6, 6.07) is 5.18. The zero-order chi connectivity index (χ0) is 19.1. The predicted octanol–water partition coefficient (Wildman–Crippen LogP) is 5.43. The van der Waals surface area contributed by atoms with E-state index in [-0.39, 0.29) is 18.7 Å². The van der Waals surface area contributed by atoms with Crippen molar-refractivity contribution in [3.8, 4) is 11.5 Å². The molecule has 2 saturated carbocycles. The number of fused-ring (bicyclic) bond motifs is 1. The molecule has 2 fully saturated rings. The molecule has 0 radical (unpaired) electrons. The van der Waals surface area contributed by atoms with Crippen molar-refractivity contribution in [1.29, 1.82) is 0 Å². The molecular weight excluding hydrogens is 359 g/mol. The third-order valence-electron chi connectivity index (χ3n) is 5.93. The Bertz CT molecular complexity index is 713. The second-order valence-corrected chi connectivity index (χ2v) is 7.93. The first kappa shape index (κ1) is 18.4. The molecule has 1 spiro atoms. The van der Waals surface area contributed by atoms with Crippen molar-refractivity contribution in [2.45, 2.75) is 69.8 Å². The van der Waals surface area contributed by atoms with Crippen LogP contribution in [0, 0.1) is 11.8 Å². The highest BCUT2D eigenvalue weighted by Crippen LogP contribution is 2.46. The first-order valence-corrected chi connectivity index (χ1v) is 9.74. The lowest BCUT2D eigenvalue weighted by molar-refractivity contribution is -0.185. The lowest BCUT2D eigenvalue weighted by Crippen LogP contribution is -2.40. The van der Waals surface area contributed by atoms with Crippen molar-refractivity contribution < 1.29 is 27.4 Å². The maximum atomic E-state index is 13.0. The molecule has 3 aliphatic rings. The number of carbonyl (C=O) groups is 1. The number of halogens is 3. The van der Waals surface area contributed by atoms with E-state index in [1.807, 2.05) is 0 Å². The third-order valence-corrected chi connectivity index (χ3v) is 5.93. The maximum Gasteiger partial charge on any atom is 0.391 e. The van der Waals surface area contributed by atoms with Gasteiger partial charge in [-0.05, 0) is 44.2 Å². The Balaban J connectivity index is 1.41. The largest absolute Gasteiger partial charge is 0.448 e. The summed E-state index contributed by atoms with van der Waals surface area (Å²) in [7, 11) is 0. The van der Waals surface area contributed by atoms with Gasteiger partial charge in [0.05, 0.1) is 5.92 Å². The van der Waals surface area contributed by atoms with Crippen LogP contribution < -0.4 is 14.8 Å². The van der Waals surface area contributed by atoms with Crippen LogP contribution in [-0.2, 0) is 4.79 Å². The minimum absolute atomic E-state index is 0.111. The lowest BCUT2D eigenvalue weighted by Gasteiger charge is -2.31. The maximum absolute atomic E-state index is 13.0. The van der Waals surface area contributed by atoms with E-state index in [9.17, 15) is 18.0 Å². The molecule has 2 atom stereocenters. The van der Waals surface area contributed by atoms with Crippen molar-refractivity contribution in [3.63, 3.8) is 0 Å². The van der Waals surface area contributed by atoms with Crippen LogP contribution in [0.25, 0.3) is 0 Å². The standard InChI is InChI=1S/C20H24F3NO3/c21-20(22,23)14-6-4-5-13(11-14)18(25)24-15-7-8-16-17(12-15)27-19(26-16)9-2-1-3-10-19/h7-8,12-14H,1-6,9-11H2,(H,24,25). The van der Waals surface area contributed by atoms with Crippen molar-refractivity contribution >= 4 is 11.6 Å². The van der Waals surface area contributed by atoms with E-state index in [0.717, 1.165) is 25.7 Å². The quantitative estimate of drug-likeness (QED) is 0.741. The summed E-state index contributed by atoms with van der Waals surface area (Å²) in [5, 5.41) is 2.76. The summed E-state index contributed by atoms with van der Waals surface area (Å²) in [5.41, 5.74) is 0.532. The normalized spacial score (nSPS) is 26.8. The van der Waals surface area contributed by atoms with Crippen molar-refractivity contribution in [2.24, 2.45) is 11.8 Å². The number of amides is 1. The van der Waals surface area contributed by atoms with Gasteiger partial charge in [0.1, 0.15) is 0 Å². The fourth-order valence-electron chi connectivity index (χ4n) is 4.44. The van der Waals surface area contributed by atoms with Crippen molar-refractivity contribution in [1.82, 2.24) is 0 Å². The molecule has 4 nitrogen and oxygen atoms in total. The van der Waals surface area contributed by atoms with Gasteiger partial charge in [-0.25, -0.2) is 0 Å². The number of carbonyl (C=O) groups excluding carboxylic acids is 1.